The zero-order chi connectivity index (χ0) is 25.5. The third-order valence-corrected chi connectivity index (χ3v) is 5.19. The smallest absolute Gasteiger partial charge is 0.230 e. The van der Waals surface area contributed by atoms with Gasteiger partial charge in [-0.05, 0) is 47.7 Å². The van der Waals surface area contributed by atoms with Gasteiger partial charge in [0, 0.05) is 48.9 Å². The number of aromatic nitrogens is 2. The average molecular weight is 488 g/mol. The lowest BCUT2D eigenvalue weighted by Gasteiger charge is -2.25. The van der Waals surface area contributed by atoms with E-state index in [2.05, 4.69) is 37.1 Å². The Hall–Kier alpha value is -3.73. The number of aliphatic imine (C=N–C) groups is 2. The number of benzene rings is 1. The van der Waals surface area contributed by atoms with Gasteiger partial charge in [-0.1, -0.05) is 5.16 Å². The lowest BCUT2D eigenvalue weighted by atomic mass is 10.2. The maximum atomic E-state index is 14.9. The lowest BCUT2D eigenvalue weighted by Crippen LogP contribution is -2.36. The molecule has 0 radical (unpaired) electrons. The Morgan fingerprint density at radius 1 is 1.26 bits per heavy atom. The van der Waals surface area contributed by atoms with Crippen LogP contribution in [-0.4, -0.2) is 73.0 Å². The molecule has 11 heteroatoms. The number of rotatable bonds is 11. The first kappa shape index (κ1) is 25.9. The number of hydrogen-bond donors (Lipinski definition) is 2. The van der Waals surface area contributed by atoms with Crippen LogP contribution in [0.4, 0.5) is 14.7 Å². The van der Waals surface area contributed by atoms with Crippen molar-refractivity contribution < 1.29 is 18.0 Å². The summed E-state index contributed by atoms with van der Waals surface area (Å²) in [5.74, 6) is -0.145. The maximum absolute atomic E-state index is 14.9. The van der Waals surface area contributed by atoms with Crippen molar-refractivity contribution in [3.05, 3.63) is 53.1 Å². The van der Waals surface area contributed by atoms with Gasteiger partial charge in [0.15, 0.2) is 24.1 Å². The number of anilines is 1. The Morgan fingerprint density at radius 2 is 2.03 bits per heavy atom. The highest BCUT2D eigenvalue weighted by molar-refractivity contribution is 5.94. The number of likely N-dealkylation sites (N-methyl/N-ethyl adjacent to an activating group) is 2. The summed E-state index contributed by atoms with van der Waals surface area (Å²) in [4.78, 5) is 15.4. The van der Waals surface area contributed by atoms with Gasteiger partial charge in [0.05, 0.1) is 11.2 Å². The third-order valence-electron chi connectivity index (χ3n) is 5.19. The zero-order valence-electron chi connectivity index (χ0n) is 20.7. The van der Waals surface area contributed by atoms with Crippen LogP contribution in [0.1, 0.15) is 18.3 Å². The average Bonchev–Trinajstić information content (AvgIpc) is 3.41. The second-order valence-electron chi connectivity index (χ2n) is 8.23. The quantitative estimate of drug-likeness (QED) is 0.309. The molecule has 0 fully saturated rings. The number of aromatic amines is 1. The topological polar surface area (TPSA) is 94.3 Å². The van der Waals surface area contributed by atoms with E-state index in [0.717, 1.165) is 12.6 Å². The highest BCUT2D eigenvalue weighted by Crippen LogP contribution is 2.29. The summed E-state index contributed by atoms with van der Waals surface area (Å²) in [6.07, 6.45) is 1.68. The Morgan fingerprint density at radius 3 is 2.66 bits per heavy atom. The minimum absolute atomic E-state index is 0.107. The van der Waals surface area contributed by atoms with E-state index in [-0.39, 0.29) is 23.4 Å². The molecular formula is C24H31F2N7O2. The van der Waals surface area contributed by atoms with Crippen molar-refractivity contribution >= 4 is 29.3 Å². The second kappa shape index (κ2) is 11.6. The Balaban J connectivity index is 1.87. The third kappa shape index (κ3) is 6.66. The molecule has 0 aliphatic carbocycles. The fourth-order valence-electron chi connectivity index (χ4n) is 3.39. The van der Waals surface area contributed by atoms with E-state index >= 15 is 0 Å². The van der Waals surface area contributed by atoms with Gasteiger partial charge in [0.2, 0.25) is 5.88 Å². The minimum atomic E-state index is -0.645. The summed E-state index contributed by atoms with van der Waals surface area (Å²) in [6, 6.07) is 4.28. The molecule has 0 spiro atoms. The molecule has 2 N–H and O–H groups in total. The van der Waals surface area contributed by atoms with Crippen LogP contribution in [0.3, 0.4) is 0 Å². The molecule has 9 nitrogen and oxygen atoms in total. The van der Waals surface area contributed by atoms with E-state index in [9.17, 15) is 8.78 Å². The largest absolute Gasteiger partial charge is 0.468 e. The number of amidine groups is 1. The predicted octanol–water partition coefficient (Wildman–Crippen LogP) is 4.32. The van der Waals surface area contributed by atoms with Gasteiger partial charge >= 0.3 is 0 Å². The molecule has 0 aliphatic rings. The van der Waals surface area contributed by atoms with Crippen molar-refractivity contribution in [2.24, 2.45) is 9.98 Å². The summed E-state index contributed by atoms with van der Waals surface area (Å²) in [6.45, 7) is 11.0. The van der Waals surface area contributed by atoms with Crippen LogP contribution in [0.2, 0.25) is 0 Å². The summed E-state index contributed by atoms with van der Waals surface area (Å²) >= 11 is 0. The molecule has 2 heterocycles. The van der Waals surface area contributed by atoms with Gasteiger partial charge in [0.25, 0.3) is 0 Å². The number of nitrogens with one attached hydrogen (secondary N) is 2. The molecule has 188 valence electrons. The molecule has 2 aromatic heterocycles. The van der Waals surface area contributed by atoms with Crippen LogP contribution in [0.25, 0.3) is 10.9 Å². The number of ether oxygens (including phenoxy) is 1. The van der Waals surface area contributed by atoms with Gasteiger partial charge in [0.1, 0.15) is 11.7 Å². The molecule has 0 saturated carbocycles. The van der Waals surface area contributed by atoms with E-state index in [1.54, 1.807) is 26.0 Å². The molecule has 3 rings (SSSR count). The van der Waals surface area contributed by atoms with E-state index in [4.69, 9.17) is 9.26 Å². The normalized spacial score (nSPS) is 12.5. The number of halogens is 2. The standard InChI is InChI=1S/C24H31F2N7O2/c1-7-33(9-8-32(5)6)21(13-20(27-4)30-22-11-16(3)31-35-22)28-14-34-19-12-18(25)24-17(23(19)26)10-15(2)29-24/h10-13,29-30H,4,7-9,14H2,1-3,5-6H3/b20-13+,28-21+. The molecule has 0 amide bonds. The summed E-state index contributed by atoms with van der Waals surface area (Å²) < 4.78 is 40.1. The van der Waals surface area contributed by atoms with Gasteiger partial charge in [-0.2, -0.15) is 0 Å². The van der Waals surface area contributed by atoms with Crippen molar-refractivity contribution in [2.45, 2.75) is 20.8 Å². The number of fused-ring (bicyclic) bond motifs is 1. The number of hydrogen-bond acceptors (Lipinski definition) is 7. The fourth-order valence-corrected chi connectivity index (χ4v) is 3.39. The van der Waals surface area contributed by atoms with Crippen molar-refractivity contribution in [3.63, 3.8) is 0 Å². The first-order valence-electron chi connectivity index (χ1n) is 11.1. The number of nitrogens with zero attached hydrogens (tertiary/aromatic N) is 5. The van der Waals surface area contributed by atoms with Gasteiger partial charge in [-0.25, -0.2) is 18.8 Å². The Bertz CT molecular complexity index is 1230. The molecule has 0 aliphatic heterocycles. The molecule has 0 unspecified atom stereocenters. The van der Waals surface area contributed by atoms with Crippen LogP contribution < -0.4 is 10.1 Å². The summed E-state index contributed by atoms with van der Waals surface area (Å²) in [7, 11) is 3.95. The molecule has 0 atom stereocenters. The highest BCUT2D eigenvalue weighted by atomic mass is 19.1. The van der Waals surface area contributed by atoms with Crippen LogP contribution in [-0.2, 0) is 0 Å². The second-order valence-corrected chi connectivity index (χ2v) is 8.23. The highest BCUT2D eigenvalue weighted by Gasteiger charge is 2.16. The molecule has 0 bridgehead atoms. The molecular weight excluding hydrogens is 456 g/mol. The van der Waals surface area contributed by atoms with Crippen molar-refractivity contribution in [2.75, 3.05) is 45.8 Å². The minimum Gasteiger partial charge on any atom is -0.468 e. The van der Waals surface area contributed by atoms with Crippen LogP contribution in [0.15, 0.2) is 44.6 Å². The van der Waals surface area contributed by atoms with E-state index in [0.29, 0.717) is 42.0 Å². The molecule has 0 saturated heterocycles. The lowest BCUT2D eigenvalue weighted by molar-refractivity contribution is 0.305. The maximum Gasteiger partial charge on any atom is 0.230 e. The van der Waals surface area contributed by atoms with Crippen molar-refractivity contribution in [3.8, 4) is 5.75 Å². The van der Waals surface area contributed by atoms with Gasteiger partial charge < -0.3 is 29.4 Å². The van der Waals surface area contributed by atoms with Crippen LogP contribution >= 0.6 is 0 Å². The van der Waals surface area contributed by atoms with Gasteiger partial charge in [-0.15, -0.1) is 0 Å². The van der Waals surface area contributed by atoms with E-state index < -0.39 is 11.6 Å². The molecule has 3 aromatic rings. The Labute approximate surface area is 203 Å². The first-order valence-corrected chi connectivity index (χ1v) is 11.1. The molecule has 35 heavy (non-hydrogen) atoms. The molecule has 1 aromatic carbocycles. The number of H-pyrrole nitrogens is 1. The zero-order valence-corrected chi connectivity index (χ0v) is 20.7. The predicted molar refractivity (Wildman–Crippen MR) is 134 cm³/mol. The van der Waals surface area contributed by atoms with Crippen molar-refractivity contribution in [1.82, 2.24) is 19.9 Å². The summed E-state index contributed by atoms with van der Waals surface area (Å²) in [5.41, 5.74) is 1.47. The van der Waals surface area contributed by atoms with Gasteiger partial charge in [-0.3, -0.25) is 0 Å². The first-order chi connectivity index (χ1) is 16.7. The van der Waals surface area contributed by atoms with Crippen LogP contribution in [0, 0.1) is 25.5 Å². The van der Waals surface area contributed by atoms with E-state index in [1.165, 1.54) is 6.07 Å². The Kier molecular flexibility index (Phi) is 8.58. The van der Waals surface area contributed by atoms with E-state index in [1.807, 2.05) is 25.9 Å². The monoisotopic (exact) mass is 487 g/mol. The fraction of sp³-hybridized carbons (Fsp3) is 0.375. The number of aryl methyl sites for hydroxylation is 2. The van der Waals surface area contributed by atoms with Crippen molar-refractivity contribution in [1.29, 1.82) is 0 Å². The summed E-state index contributed by atoms with van der Waals surface area (Å²) in [5, 5.41) is 6.98. The van der Waals surface area contributed by atoms with Crippen LogP contribution in [0.5, 0.6) is 5.75 Å². The SMILES string of the molecule is C=N/C(=C\C(=N/COc1cc(F)c2[nH]c(C)cc2c1F)N(CC)CCN(C)C)Nc1cc(C)no1.